The molecule has 1 N–H and O–H groups in total. The van der Waals surface area contributed by atoms with Crippen molar-refractivity contribution in [1.82, 2.24) is 5.32 Å². The van der Waals surface area contributed by atoms with Gasteiger partial charge in [-0.05, 0) is 16.5 Å². The van der Waals surface area contributed by atoms with Crippen LogP contribution in [0.2, 0.25) is 0 Å². The van der Waals surface area contributed by atoms with Crippen LogP contribution in [0.15, 0.2) is 64.0 Å². The molecule has 0 amide bonds. The van der Waals surface area contributed by atoms with Gasteiger partial charge >= 0.3 is 0 Å². The number of nitrogens with zero attached hydrogens (tertiary/aromatic N) is 3. The van der Waals surface area contributed by atoms with Gasteiger partial charge in [0, 0.05) is 49.6 Å². The van der Waals surface area contributed by atoms with Crippen molar-refractivity contribution in [2.75, 3.05) is 0 Å². The van der Waals surface area contributed by atoms with Crippen molar-refractivity contribution in [1.29, 1.82) is 0 Å². The highest BCUT2D eigenvalue weighted by molar-refractivity contribution is 6.16. The summed E-state index contributed by atoms with van der Waals surface area (Å²) in [4.78, 5) is 12.1. The van der Waals surface area contributed by atoms with E-state index in [1.807, 2.05) is 36.5 Å². The van der Waals surface area contributed by atoms with Gasteiger partial charge in [-0.15, -0.1) is 0 Å². The van der Waals surface area contributed by atoms with Gasteiger partial charge in [-0.1, -0.05) is 24.3 Å². The molecule has 0 radical (unpaired) electrons. The molecule has 0 saturated heterocycles. The van der Waals surface area contributed by atoms with Gasteiger partial charge in [0.15, 0.2) is 0 Å². The first-order valence-corrected chi connectivity index (χ1v) is 5.86. The zero-order valence-electron chi connectivity index (χ0n) is 10.3. The monoisotopic (exact) mass is 250 g/mol. The Balaban J connectivity index is 2.39. The van der Waals surface area contributed by atoms with Crippen molar-refractivity contribution in [3.05, 3.63) is 59.5 Å². The molecule has 94 valence electrons. The fraction of sp³-hybridized carbons (Fsp3) is 0. The third-order valence-electron chi connectivity index (χ3n) is 2.31. The molecule has 0 saturated carbocycles. The lowest BCUT2D eigenvalue weighted by molar-refractivity contribution is 1.25. The molecular formula is C15H14N4. The summed E-state index contributed by atoms with van der Waals surface area (Å²) >= 11 is 0. The number of aliphatic imine (C=N–C) groups is 3. The van der Waals surface area contributed by atoms with Crippen molar-refractivity contribution in [2.45, 2.75) is 0 Å². The molecular weight excluding hydrogens is 236 g/mol. The Labute approximate surface area is 111 Å². The van der Waals surface area contributed by atoms with Gasteiger partial charge in [-0.25, -0.2) is 0 Å². The molecule has 4 nitrogen and oxygen atoms in total. The molecule has 0 spiro atoms. The largest absolute Gasteiger partial charge is 0.366 e. The first kappa shape index (κ1) is 12.7. The zero-order valence-corrected chi connectivity index (χ0v) is 10.3. The summed E-state index contributed by atoms with van der Waals surface area (Å²) in [6, 6.07) is 8.04. The maximum absolute atomic E-state index is 4.11. The van der Waals surface area contributed by atoms with E-state index in [4.69, 9.17) is 0 Å². The van der Waals surface area contributed by atoms with E-state index in [1.165, 1.54) is 0 Å². The number of benzene rings is 1. The highest BCUT2D eigenvalue weighted by atomic mass is 14.8. The molecule has 0 atom stereocenters. The molecule has 0 aromatic heterocycles. The topological polar surface area (TPSA) is 49.1 Å². The van der Waals surface area contributed by atoms with Crippen LogP contribution in [0, 0.1) is 0 Å². The zero-order chi connectivity index (χ0) is 13.2. The standard InChI is InChI=1S/C15H14N4/c1-2-4-15-13-19-12-11-18-10-9-17-8-7-16-6-5-14(15)3-1/h1-13,19H. The lowest BCUT2D eigenvalue weighted by atomic mass is 10.2. The molecule has 0 bridgehead atoms. The average Bonchev–Trinajstić information content (AvgIpc) is 2.45. The summed E-state index contributed by atoms with van der Waals surface area (Å²) in [5.74, 6) is 0. The van der Waals surface area contributed by atoms with Crippen LogP contribution >= 0.6 is 0 Å². The summed E-state index contributed by atoms with van der Waals surface area (Å²) in [6.07, 6.45) is 15.4. The average molecular weight is 250 g/mol. The van der Waals surface area contributed by atoms with E-state index >= 15 is 0 Å². The molecule has 1 aliphatic rings. The van der Waals surface area contributed by atoms with Crippen molar-refractivity contribution in [2.24, 2.45) is 15.0 Å². The Hall–Kier alpha value is -2.75. The summed E-state index contributed by atoms with van der Waals surface area (Å²) in [5, 5.41) is 5.23. The van der Waals surface area contributed by atoms with Gasteiger partial charge in [-0.2, -0.15) is 0 Å². The maximum atomic E-state index is 4.11. The van der Waals surface area contributed by atoms with Crippen molar-refractivity contribution < 1.29 is 0 Å². The van der Waals surface area contributed by atoms with Crippen LogP contribution in [0.3, 0.4) is 0 Å². The van der Waals surface area contributed by atoms with Gasteiger partial charge in [0.25, 0.3) is 0 Å². The SMILES string of the molecule is C1=CN=CC=c2ccccc2=CNC=CN=CC=N1. The van der Waals surface area contributed by atoms with E-state index < -0.39 is 0 Å². The smallest absolute Gasteiger partial charge is 0.0451 e. The second-order valence-electron chi connectivity index (χ2n) is 3.61. The minimum atomic E-state index is 1.08. The van der Waals surface area contributed by atoms with Crippen LogP contribution < -0.4 is 15.8 Å². The maximum Gasteiger partial charge on any atom is 0.0451 e. The molecule has 0 fully saturated rings. The van der Waals surface area contributed by atoms with E-state index in [-0.39, 0.29) is 0 Å². The molecule has 1 heterocycles. The molecule has 0 unspecified atom stereocenters. The first-order chi connectivity index (χ1) is 9.47. The highest BCUT2D eigenvalue weighted by Gasteiger charge is 1.82. The second kappa shape index (κ2) is 7.55. The van der Waals surface area contributed by atoms with Crippen LogP contribution in [-0.2, 0) is 0 Å². The number of rotatable bonds is 0. The van der Waals surface area contributed by atoms with Crippen LogP contribution in [0.25, 0.3) is 12.3 Å². The van der Waals surface area contributed by atoms with Crippen LogP contribution in [0.4, 0.5) is 0 Å². The predicted molar refractivity (Wildman–Crippen MR) is 81.5 cm³/mol. The van der Waals surface area contributed by atoms with E-state index in [0.29, 0.717) is 0 Å². The lowest BCUT2D eigenvalue weighted by Crippen LogP contribution is -2.25. The van der Waals surface area contributed by atoms with Gasteiger partial charge in [0.1, 0.15) is 0 Å². The minimum absolute atomic E-state index is 1.08. The number of hydrogen-bond donors (Lipinski definition) is 1. The normalized spacial score (nSPS) is 14.5. The minimum Gasteiger partial charge on any atom is -0.366 e. The summed E-state index contributed by atoms with van der Waals surface area (Å²) in [6.45, 7) is 0. The Morgan fingerprint density at radius 1 is 0.737 bits per heavy atom. The Bertz CT molecular complexity index is 664. The van der Waals surface area contributed by atoms with E-state index in [9.17, 15) is 0 Å². The van der Waals surface area contributed by atoms with Crippen LogP contribution in [0.5, 0.6) is 0 Å². The van der Waals surface area contributed by atoms with Gasteiger partial charge in [0.2, 0.25) is 0 Å². The van der Waals surface area contributed by atoms with Gasteiger partial charge in [0.05, 0.1) is 0 Å². The number of hydrogen-bond acceptors (Lipinski definition) is 4. The Morgan fingerprint density at radius 3 is 2.26 bits per heavy atom. The van der Waals surface area contributed by atoms with Crippen LogP contribution in [-0.4, -0.2) is 18.6 Å². The molecule has 19 heavy (non-hydrogen) atoms. The first-order valence-electron chi connectivity index (χ1n) is 5.86. The van der Waals surface area contributed by atoms with Crippen molar-refractivity contribution in [3.8, 4) is 0 Å². The molecule has 1 aliphatic heterocycles. The Kier molecular flexibility index (Phi) is 5.05. The molecule has 1 aromatic rings. The van der Waals surface area contributed by atoms with E-state index in [1.54, 1.807) is 43.4 Å². The molecule has 0 aliphatic carbocycles. The third kappa shape index (κ3) is 4.55. The lowest BCUT2D eigenvalue weighted by Gasteiger charge is -1.91. The van der Waals surface area contributed by atoms with E-state index in [2.05, 4.69) is 20.3 Å². The van der Waals surface area contributed by atoms with Crippen molar-refractivity contribution in [3.63, 3.8) is 0 Å². The third-order valence-corrected chi connectivity index (χ3v) is 2.31. The number of fused-ring (bicyclic) bond motifs is 1. The molecule has 2 rings (SSSR count). The van der Waals surface area contributed by atoms with E-state index in [0.717, 1.165) is 10.4 Å². The predicted octanol–water partition coefficient (Wildman–Crippen LogP) is 0.963. The molecule has 1 aromatic carbocycles. The van der Waals surface area contributed by atoms with Crippen molar-refractivity contribution >= 4 is 30.9 Å². The fourth-order valence-corrected chi connectivity index (χ4v) is 1.44. The second-order valence-corrected chi connectivity index (χ2v) is 3.61. The fourth-order valence-electron chi connectivity index (χ4n) is 1.44. The quantitative estimate of drug-likeness (QED) is 0.732. The summed E-state index contributed by atoms with van der Waals surface area (Å²) in [5.41, 5.74) is 0. The summed E-state index contributed by atoms with van der Waals surface area (Å²) < 4.78 is 0. The van der Waals surface area contributed by atoms with Crippen LogP contribution in [0.1, 0.15) is 0 Å². The summed E-state index contributed by atoms with van der Waals surface area (Å²) in [7, 11) is 0. The van der Waals surface area contributed by atoms with Gasteiger partial charge in [-0.3, -0.25) is 15.0 Å². The highest BCUT2D eigenvalue weighted by Crippen LogP contribution is 1.77. The number of nitrogens with one attached hydrogen (secondary N) is 1. The Morgan fingerprint density at radius 2 is 1.42 bits per heavy atom. The molecule has 4 heteroatoms. The van der Waals surface area contributed by atoms with Gasteiger partial charge < -0.3 is 5.32 Å².